The summed E-state index contributed by atoms with van der Waals surface area (Å²) in [6.07, 6.45) is 3.43. The molecule has 2 aromatic heterocycles. The van der Waals surface area contributed by atoms with Gasteiger partial charge in [-0.1, -0.05) is 6.92 Å². The van der Waals surface area contributed by atoms with Crippen molar-refractivity contribution in [2.75, 3.05) is 29.6 Å². The molecule has 6 N–H and O–H groups in total. The quantitative estimate of drug-likeness (QED) is 0.530. The molecule has 2 aromatic rings. The summed E-state index contributed by atoms with van der Waals surface area (Å²) in [5.41, 5.74) is 12.3. The van der Waals surface area contributed by atoms with Gasteiger partial charge in [-0.15, -0.1) is 0 Å². The van der Waals surface area contributed by atoms with E-state index in [4.69, 9.17) is 11.5 Å². The molecule has 1 atom stereocenters. The number of nitrogens with one attached hydrogen (secondary N) is 2. The van der Waals surface area contributed by atoms with Gasteiger partial charge in [0.05, 0.1) is 18.1 Å². The first kappa shape index (κ1) is 19.9. The average Bonchev–Trinajstić information content (AvgIpc) is 2.59. The van der Waals surface area contributed by atoms with E-state index in [1.54, 1.807) is 6.20 Å². The second-order valence-corrected chi connectivity index (χ2v) is 6.21. The van der Waals surface area contributed by atoms with Crippen LogP contribution in [0.5, 0.6) is 0 Å². The molecule has 2 amide bonds. The first-order chi connectivity index (χ1) is 12.7. The third-order valence-electron chi connectivity index (χ3n) is 3.82. The summed E-state index contributed by atoms with van der Waals surface area (Å²) in [4.78, 5) is 37.7. The van der Waals surface area contributed by atoms with E-state index >= 15 is 0 Å². The highest BCUT2D eigenvalue weighted by Gasteiger charge is 2.17. The van der Waals surface area contributed by atoms with Crippen LogP contribution in [0.15, 0.2) is 18.5 Å². The smallest absolute Gasteiger partial charge is 0.271 e. The zero-order valence-electron chi connectivity index (χ0n) is 15.8. The molecule has 27 heavy (non-hydrogen) atoms. The number of nitrogens with zero attached hydrogens (tertiary/aromatic N) is 4. The number of pyridine rings is 1. The first-order valence-corrected chi connectivity index (χ1v) is 8.36. The maximum absolute atomic E-state index is 11.7. The van der Waals surface area contributed by atoms with Crippen molar-refractivity contribution in [3.05, 3.63) is 29.7 Å². The van der Waals surface area contributed by atoms with Gasteiger partial charge in [-0.05, 0) is 25.0 Å². The molecule has 0 aliphatic carbocycles. The van der Waals surface area contributed by atoms with E-state index in [0.29, 0.717) is 17.9 Å². The number of carbonyl (C=O) groups is 2. The van der Waals surface area contributed by atoms with Gasteiger partial charge in [0, 0.05) is 14.1 Å². The number of amides is 2. The van der Waals surface area contributed by atoms with Crippen molar-refractivity contribution in [1.82, 2.24) is 15.0 Å². The number of rotatable bonds is 8. The second-order valence-electron chi connectivity index (χ2n) is 6.21. The summed E-state index contributed by atoms with van der Waals surface area (Å²) in [6.45, 7) is 3.73. The van der Waals surface area contributed by atoms with Gasteiger partial charge in [0.2, 0.25) is 5.91 Å². The van der Waals surface area contributed by atoms with Crippen molar-refractivity contribution in [2.45, 2.75) is 26.3 Å². The minimum Gasteiger partial charge on any atom is -0.368 e. The lowest BCUT2D eigenvalue weighted by Crippen LogP contribution is -2.35. The number of anilines is 4. The average molecular weight is 372 g/mol. The van der Waals surface area contributed by atoms with Crippen molar-refractivity contribution in [3.8, 4) is 0 Å². The lowest BCUT2D eigenvalue weighted by atomic mass is 10.2. The van der Waals surface area contributed by atoms with Gasteiger partial charge in [0.1, 0.15) is 17.7 Å². The molecule has 0 saturated carbocycles. The summed E-state index contributed by atoms with van der Waals surface area (Å²) in [6, 6.07) is 1.27. The van der Waals surface area contributed by atoms with E-state index < -0.39 is 17.9 Å². The van der Waals surface area contributed by atoms with Crippen molar-refractivity contribution < 1.29 is 9.59 Å². The van der Waals surface area contributed by atoms with Crippen LogP contribution in [0.4, 0.5) is 23.1 Å². The summed E-state index contributed by atoms with van der Waals surface area (Å²) in [5, 5.41) is 5.90. The summed E-state index contributed by atoms with van der Waals surface area (Å²) in [7, 11) is 3.80. The molecule has 2 heterocycles. The van der Waals surface area contributed by atoms with E-state index in [1.807, 2.05) is 38.9 Å². The van der Waals surface area contributed by atoms with Crippen LogP contribution in [-0.4, -0.2) is 46.9 Å². The molecule has 0 radical (unpaired) electrons. The predicted molar refractivity (Wildman–Crippen MR) is 104 cm³/mol. The molecule has 0 fully saturated rings. The molecular formula is C17H24N8O2. The van der Waals surface area contributed by atoms with Crippen LogP contribution < -0.4 is 27.0 Å². The fourth-order valence-corrected chi connectivity index (χ4v) is 2.52. The highest BCUT2D eigenvalue weighted by atomic mass is 16.1. The Balaban J connectivity index is 2.36. The number of carbonyl (C=O) groups excluding carboxylic acids is 2. The van der Waals surface area contributed by atoms with Crippen LogP contribution >= 0.6 is 0 Å². The molecule has 0 saturated heterocycles. The number of aryl methyl sites for hydroxylation is 1. The Hall–Kier alpha value is -3.43. The van der Waals surface area contributed by atoms with Crippen LogP contribution in [0.3, 0.4) is 0 Å². The van der Waals surface area contributed by atoms with E-state index in [0.717, 1.165) is 11.4 Å². The van der Waals surface area contributed by atoms with Gasteiger partial charge in [0.15, 0.2) is 11.5 Å². The Bertz CT molecular complexity index is 853. The minimum atomic E-state index is -0.729. The molecule has 2 rings (SSSR count). The molecule has 0 bridgehead atoms. The normalized spacial score (nSPS) is 11.6. The van der Waals surface area contributed by atoms with Crippen LogP contribution in [0, 0.1) is 6.92 Å². The zero-order chi connectivity index (χ0) is 20.1. The van der Waals surface area contributed by atoms with Gasteiger partial charge < -0.3 is 27.0 Å². The van der Waals surface area contributed by atoms with Crippen LogP contribution in [-0.2, 0) is 4.79 Å². The molecule has 1 unspecified atom stereocenters. The number of primary amides is 2. The summed E-state index contributed by atoms with van der Waals surface area (Å²) in [5.74, 6) is 0.0396. The zero-order valence-corrected chi connectivity index (χ0v) is 15.8. The molecule has 10 nitrogen and oxygen atoms in total. The van der Waals surface area contributed by atoms with Gasteiger partial charge in [0.25, 0.3) is 5.91 Å². The Morgan fingerprint density at radius 3 is 2.44 bits per heavy atom. The Labute approximate surface area is 157 Å². The molecule has 10 heteroatoms. The fourth-order valence-electron chi connectivity index (χ4n) is 2.52. The largest absolute Gasteiger partial charge is 0.368 e. The van der Waals surface area contributed by atoms with Crippen LogP contribution in [0.2, 0.25) is 0 Å². The maximum Gasteiger partial charge on any atom is 0.271 e. The van der Waals surface area contributed by atoms with E-state index in [2.05, 4.69) is 25.6 Å². The molecular weight excluding hydrogens is 348 g/mol. The minimum absolute atomic E-state index is 0.0259. The number of hydrogen-bond acceptors (Lipinski definition) is 8. The summed E-state index contributed by atoms with van der Waals surface area (Å²) < 4.78 is 0. The monoisotopic (exact) mass is 372 g/mol. The second kappa shape index (κ2) is 8.30. The predicted octanol–water partition coefficient (Wildman–Crippen LogP) is 0.764. The van der Waals surface area contributed by atoms with Crippen LogP contribution in [0.1, 0.15) is 29.4 Å². The molecule has 0 aromatic carbocycles. The standard InChI is InChI=1S/C17H24N8O2/c1-5-11(14(18)26)23-12-8-20-13(15(19)27)16(24-12)22-10-6-9(2)17(21-7-10)25(3)4/h6-8,11H,5H2,1-4H3,(H2,18,26)(H2,19,27)(H2,22,23,24). The third-order valence-corrected chi connectivity index (χ3v) is 3.82. The number of aromatic nitrogens is 3. The van der Waals surface area contributed by atoms with Crippen LogP contribution in [0.25, 0.3) is 0 Å². The van der Waals surface area contributed by atoms with Crippen molar-refractivity contribution in [2.24, 2.45) is 11.5 Å². The SMILES string of the molecule is CCC(Nc1cnc(C(N)=O)c(Nc2cnc(N(C)C)c(C)c2)n1)C(N)=O. The Kier molecular flexibility index (Phi) is 6.11. The van der Waals surface area contributed by atoms with Gasteiger partial charge in [-0.25, -0.2) is 15.0 Å². The van der Waals surface area contributed by atoms with Crippen molar-refractivity contribution >= 4 is 35.0 Å². The third kappa shape index (κ3) is 4.81. The highest BCUT2D eigenvalue weighted by Crippen LogP contribution is 2.23. The lowest BCUT2D eigenvalue weighted by Gasteiger charge is -2.17. The van der Waals surface area contributed by atoms with E-state index in [9.17, 15) is 9.59 Å². The van der Waals surface area contributed by atoms with Crippen molar-refractivity contribution in [1.29, 1.82) is 0 Å². The topological polar surface area (TPSA) is 152 Å². The van der Waals surface area contributed by atoms with Gasteiger partial charge in [-0.3, -0.25) is 9.59 Å². The lowest BCUT2D eigenvalue weighted by molar-refractivity contribution is -0.118. The fraction of sp³-hybridized carbons (Fsp3) is 0.353. The molecule has 0 spiro atoms. The maximum atomic E-state index is 11.7. The van der Waals surface area contributed by atoms with Gasteiger partial charge >= 0.3 is 0 Å². The first-order valence-electron chi connectivity index (χ1n) is 8.36. The molecule has 0 aliphatic rings. The molecule has 0 aliphatic heterocycles. The van der Waals surface area contributed by atoms with E-state index in [-0.39, 0.29) is 11.5 Å². The number of hydrogen-bond donors (Lipinski definition) is 4. The van der Waals surface area contributed by atoms with Gasteiger partial charge in [-0.2, -0.15) is 0 Å². The van der Waals surface area contributed by atoms with Crippen molar-refractivity contribution in [3.63, 3.8) is 0 Å². The summed E-state index contributed by atoms with van der Waals surface area (Å²) >= 11 is 0. The highest BCUT2D eigenvalue weighted by molar-refractivity contribution is 5.96. The Morgan fingerprint density at radius 2 is 1.93 bits per heavy atom. The van der Waals surface area contributed by atoms with E-state index in [1.165, 1.54) is 6.20 Å². The number of nitrogens with two attached hydrogens (primary N) is 2. The Morgan fingerprint density at radius 1 is 1.22 bits per heavy atom. The molecule has 144 valence electrons.